The first-order chi connectivity index (χ1) is 7.75. The summed E-state index contributed by atoms with van der Waals surface area (Å²) < 4.78 is 0. The van der Waals surface area contributed by atoms with Crippen molar-refractivity contribution in [3.63, 3.8) is 0 Å². The number of nitrogens with one attached hydrogen (secondary N) is 2. The third-order valence-electron chi connectivity index (χ3n) is 3.52. The molecule has 2 fully saturated rings. The standard InChI is InChI=1S/C11H21N3O2/c15-11(16)10-5-9(6-13-7-10)8-14-3-1-12-2-4-14/h9-10,12-13H,1-8H2,(H,15,16). The Bertz CT molecular complexity index is 241. The molecule has 0 saturated carbocycles. The van der Waals surface area contributed by atoms with E-state index >= 15 is 0 Å². The zero-order valence-electron chi connectivity index (χ0n) is 9.61. The molecular formula is C11H21N3O2. The van der Waals surface area contributed by atoms with Gasteiger partial charge in [0.2, 0.25) is 0 Å². The molecule has 0 aliphatic carbocycles. The lowest BCUT2D eigenvalue weighted by Crippen LogP contribution is -2.49. The van der Waals surface area contributed by atoms with Crippen molar-refractivity contribution in [2.75, 3.05) is 45.8 Å². The smallest absolute Gasteiger partial charge is 0.307 e. The van der Waals surface area contributed by atoms with Crippen molar-refractivity contribution in [2.24, 2.45) is 11.8 Å². The summed E-state index contributed by atoms with van der Waals surface area (Å²) in [5, 5.41) is 15.6. The van der Waals surface area contributed by atoms with Crippen LogP contribution in [0.1, 0.15) is 6.42 Å². The van der Waals surface area contributed by atoms with Gasteiger partial charge in [0.1, 0.15) is 0 Å². The number of piperazine rings is 1. The number of nitrogens with zero attached hydrogens (tertiary/aromatic N) is 1. The quantitative estimate of drug-likeness (QED) is 0.589. The number of hydrogen-bond donors (Lipinski definition) is 3. The fourth-order valence-electron chi connectivity index (χ4n) is 2.62. The van der Waals surface area contributed by atoms with Gasteiger partial charge in [0.25, 0.3) is 0 Å². The van der Waals surface area contributed by atoms with Gasteiger partial charge in [-0.15, -0.1) is 0 Å². The molecule has 16 heavy (non-hydrogen) atoms. The van der Waals surface area contributed by atoms with Crippen LogP contribution in [0.3, 0.4) is 0 Å². The Hall–Kier alpha value is -0.650. The summed E-state index contributed by atoms with van der Waals surface area (Å²) >= 11 is 0. The lowest BCUT2D eigenvalue weighted by molar-refractivity contribution is -0.142. The minimum Gasteiger partial charge on any atom is -0.481 e. The molecule has 0 amide bonds. The second kappa shape index (κ2) is 5.61. The van der Waals surface area contributed by atoms with Crippen molar-refractivity contribution in [1.29, 1.82) is 0 Å². The number of aliphatic carboxylic acids is 1. The van der Waals surface area contributed by atoms with Gasteiger partial charge in [0.15, 0.2) is 0 Å². The molecule has 0 radical (unpaired) electrons. The van der Waals surface area contributed by atoms with E-state index in [0.29, 0.717) is 12.5 Å². The maximum Gasteiger partial charge on any atom is 0.307 e. The average Bonchev–Trinajstić information content (AvgIpc) is 2.30. The number of carboxylic acids is 1. The molecule has 0 aromatic carbocycles. The van der Waals surface area contributed by atoms with E-state index in [0.717, 1.165) is 45.7 Å². The molecule has 0 spiro atoms. The van der Waals surface area contributed by atoms with Gasteiger partial charge in [-0.25, -0.2) is 0 Å². The highest BCUT2D eigenvalue weighted by Crippen LogP contribution is 2.18. The molecule has 2 aliphatic heterocycles. The monoisotopic (exact) mass is 227 g/mol. The van der Waals surface area contributed by atoms with Gasteiger partial charge in [-0.05, 0) is 18.9 Å². The molecule has 0 aromatic heterocycles. The SMILES string of the molecule is O=C(O)C1CNCC(CN2CCNCC2)C1. The first-order valence-electron chi connectivity index (χ1n) is 6.12. The molecule has 3 N–H and O–H groups in total. The molecule has 2 unspecified atom stereocenters. The normalized spacial score (nSPS) is 32.5. The van der Waals surface area contributed by atoms with Gasteiger partial charge in [-0.3, -0.25) is 4.79 Å². The molecule has 5 heteroatoms. The minimum atomic E-state index is -0.655. The van der Waals surface area contributed by atoms with Crippen molar-refractivity contribution >= 4 is 5.97 Å². The maximum absolute atomic E-state index is 10.9. The average molecular weight is 227 g/mol. The Labute approximate surface area is 96.2 Å². The van der Waals surface area contributed by atoms with Crippen LogP contribution in [-0.2, 0) is 4.79 Å². The van der Waals surface area contributed by atoms with Gasteiger partial charge >= 0.3 is 5.97 Å². The first-order valence-corrected chi connectivity index (χ1v) is 6.12. The van der Waals surface area contributed by atoms with E-state index in [2.05, 4.69) is 15.5 Å². The third-order valence-corrected chi connectivity index (χ3v) is 3.52. The van der Waals surface area contributed by atoms with E-state index in [1.807, 2.05) is 0 Å². The molecule has 0 bridgehead atoms. The van der Waals surface area contributed by atoms with Crippen LogP contribution in [-0.4, -0.2) is 61.8 Å². The van der Waals surface area contributed by atoms with Crippen LogP contribution < -0.4 is 10.6 Å². The van der Waals surface area contributed by atoms with Crippen LogP contribution in [0.15, 0.2) is 0 Å². The lowest BCUT2D eigenvalue weighted by Gasteiger charge is -2.34. The van der Waals surface area contributed by atoms with Crippen molar-refractivity contribution in [3.8, 4) is 0 Å². The van der Waals surface area contributed by atoms with Crippen LogP contribution in [0.25, 0.3) is 0 Å². The highest BCUT2D eigenvalue weighted by molar-refractivity contribution is 5.70. The topological polar surface area (TPSA) is 64.6 Å². The number of piperidine rings is 1. The Morgan fingerprint density at radius 2 is 2.00 bits per heavy atom. The predicted molar refractivity (Wildman–Crippen MR) is 61.4 cm³/mol. The van der Waals surface area contributed by atoms with Gasteiger partial charge < -0.3 is 20.6 Å². The highest BCUT2D eigenvalue weighted by atomic mass is 16.4. The summed E-state index contributed by atoms with van der Waals surface area (Å²) in [5.41, 5.74) is 0. The van der Waals surface area contributed by atoms with E-state index in [1.54, 1.807) is 0 Å². The first kappa shape index (κ1) is 11.8. The fourth-order valence-corrected chi connectivity index (χ4v) is 2.62. The number of carbonyl (C=O) groups is 1. The summed E-state index contributed by atoms with van der Waals surface area (Å²) in [7, 11) is 0. The summed E-state index contributed by atoms with van der Waals surface area (Å²) in [4.78, 5) is 13.4. The van der Waals surface area contributed by atoms with Crippen LogP contribution in [0.5, 0.6) is 0 Å². The molecule has 2 rings (SSSR count). The van der Waals surface area contributed by atoms with Crippen molar-refractivity contribution in [2.45, 2.75) is 6.42 Å². The Morgan fingerprint density at radius 1 is 1.25 bits per heavy atom. The second-order valence-corrected chi connectivity index (χ2v) is 4.85. The molecule has 5 nitrogen and oxygen atoms in total. The summed E-state index contributed by atoms with van der Waals surface area (Å²) in [6.07, 6.45) is 0.826. The van der Waals surface area contributed by atoms with E-state index in [4.69, 9.17) is 5.11 Å². The third kappa shape index (κ3) is 3.17. The van der Waals surface area contributed by atoms with Crippen LogP contribution in [0, 0.1) is 11.8 Å². The molecule has 2 atom stereocenters. The highest BCUT2D eigenvalue weighted by Gasteiger charge is 2.28. The second-order valence-electron chi connectivity index (χ2n) is 4.85. The van der Waals surface area contributed by atoms with Crippen LogP contribution in [0.2, 0.25) is 0 Å². The molecule has 0 aromatic rings. The van der Waals surface area contributed by atoms with E-state index in [1.165, 1.54) is 0 Å². The molecule has 2 heterocycles. The summed E-state index contributed by atoms with van der Waals surface area (Å²) in [6, 6.07) is 0. The molecule has 2 aliphatic rings. The molecule has 92 valence electrons. The largest absolute Gasteiger partial charge is 0.481 e. The maximum atomic E-state index is 10.9. The Kier molecular flexibility index (Phi) is 4.15. The molecular weight excluding hydrogens is 206 g/mol. The zero-order valence-corrected chi connectivity index (χ0v) is 9.61. The van der Waals surface area contributed by atoms with Gasteiger partial charge in [0, 0.05) is 39.3 Å². The van der Waals surface area contributed by atoms with Crippen LogP contribution in [0.4, 0.5) is 0 Å². The van der Waals surface area contributed by atoms with E-state index < -0.39 is 5.97 Å². The fraction of sp³-hybridized carbons (Fsp3) is 0.909. The van der Waals surface area contributed by atoms with Gasteiger partial charge in [0.05, 0.1) is 5.92 Å². The lowest BCUT2D eigenvalue weighted by atomic mass is 9.90. The number of hydrogen-bond acceptors (Lipinski definition) is 4. The van der Waals surface area contributed by atoms with E-state index in [-0.39, 0.29) is 5.92 Å². The predicted octanol–water partition coefficient (Wildman–Crippen LogP) is -0.798. The number of rotatable bonds is 3. The summed E-state index contributed by atoms with van der Waals surface area (Å²) in [5.74, 6) is -0.355. The van der Waals surface area contributed by atoms with Crippen molar-refractivity contribution < 1.29 is 9.90 Å². The van der Waals surface area contributed by atoms with E-state index in [9.17, 15) is 4.79 Å². The van der Waals surface area contributed by atoms with Crippen LogP contribution >= 0.6 is 0 Å². The summed E-state index contributed by atoms with van der Waals surface area (Å²) in [6.45, 7) is 6.94. The molecule has 2 saturated heterocycles. The van der Waals surface area contributed by atoms with Crippen molar-refractivity contribution in [1.82, 2.24) is 15.5 Å². The Morgan fingerprint density at radius 3 is 2.69 bits per heavy atom. The minimum absolute atomic E-state index is 0.193. The Balaban J connectivity index is 1.78. The zero-order chi connectivity index (χ0) is 11.4. The van der Waals surface area contributed by atoms with Gasteiger partial charge in [-0.1, -0.05) is 0 Å². The van der Waals surface area contributed by atoms with Gasteiger partial charge in [-0.2, -0.15) is 0 Å². The van der Waals surface area contributed by atoms with Crippen molar-refractivity contribution in [3.05, 3.63) is 0 Å². The number of carboxylic acid groups (broad SMARTS) is 1.